The van der Waals surface area contributed by atoms with E-state index in [1.54, 1.807) is 25.3 Å². The Labute approximate surface area is 130 Å². The van der Waals surface area contributed by atoms with Crippen molar-refractivity contribution in [2.24, 2.45) is 0 Å². The molecule has 0 bridgehead atoms. The van der Waals surface area contributed by atoms with Gasteiger partial charge in [0.1, 0.15) is 11.6 Å². The first-order valence-corrected chi connectivity index (χ1v) is 7.40. The van der Waals surface area contributed by atoms with Crippen LogP contribution in [0.2, 0.25) is 0 Å². The highest BCUT2D eigenvalue weighted by Crippen LogP contribution is 2.24. The zero-order chi connectivity index (χ0) is 15.5. The molecule has 0 aliphatic carbocycles. The highest BCUT2D eigenvalue weighted by Gasteiger charge is 2.09. The Morgan fingerprint density at radius 3 is 2.68 bits per heavy atom. The van der Waals surface area contributed by atoms with Gasteiger partial charge in [0, 0.05) is 5.56 Å². The van der Waals surface area contributed by atoms with E-state index in [1.807, 2.05) is 0 Å². The first-order chi connectivity index (χ1) is 10.6. The summed E-state index contributed by atoms with van der Waals surface area (Å²) >= 11 is 1.35. The molecule has 3 aromatic rings. The number of aromatic nitrogens is 4. The number of nitrogens with two attached hydrogens (primary N) is 1. The van der Waals surface area contributed by atoms with Crippen molar-refractivity contribution in [1.29, 1.82) is 0 Å². The molecule has 0 saturated carbocycles. The van der Waals surface area contributed by atoms with E-state index >= 15 is 0 Å². The van der Waals surface area contributed by atoms with Crippen molar-refractivity contribution in [3.05, 3.63) is 48.0 Å². The smallest absolute Gasteiger partial charge is 0.224 e. The van der Waals surface area contributed by atoms with Crippen LogP contribution in [-0.2, 0) is 5.75 Å². The van der Waals surface area contributed by atoms with Crippen LogP contribution >= 0.6 is 11.8 Å². The zero-order valence-electron chi connectivity index (χ0n) is 11.7. The van der Waals surface area contributed by atoms with Crippen molar-refractivity contribution in [3.8, 4) is 11.3 Å². The van der Waals surface area contributed by atoms with Crippen LogP contribution in [0.4, 0.5) is 10.3 Å². The van der Waals surface area contributed by atoms with Gasteiger partial charge in [0.25, 0.3) is 0 Å². The van der Waals surface area contributed by atoms with Crippen LogP contribution < -0.4 is 5.73 Å². The first-order valence-electron chi connectivity index (χ1n) is 6.42. The molecule has 2 aromatic heterocycles. The third-order valence-corrected chi connectivity index (χ3v) is 3.58. The van der Waals surface area contributed by atoms with Crippen molar-refractivity contribution in [1.82, 2.24) is 19.9 Å². The van der Waals surface area contributed by atoms with Crippen LogP contribution in [0.3, 0.4) is 0 Å². The predicted molar refractivity (Wildman–Crippen MR) is 80.4 cm³/mol. The van der Waals surface area contributed by atoms with E-state index < -0.39 is 0 Å². The van der Waals surface area contributed by atoms with E-state index in [9.17, 15) is 4.39 Å². The number of halogens is 1. The average molecular weight is 317 g/mol. The molecule has 1 aromatic carbocycles. The number of thioether (sulfide) groups is 1. The number of nitrogens with zero attached hydrogens (tertiary/aromatic N) is 4. The minimum Gasteiger partial charge on any atom is -0.440 e. The van der Waals surface area contributed by atoms with E-state index in [0.29, 0.717) is 28.4 Å². The van der Waals surface area contributed by atoms with Gasteiger partial charge in [-0.2, -0.15) is 9.97 Å². The zero-order valence-corrected chi connectivity index (χ0v) is 12.5. The van der Waals surface area contributed by atoms with E-state index in [2.05, 4.69) is 19.9 Å². The Balaban J connectivity index is 1.70. The number of hydrogen-bond donors (Lipinski definition) is 1. The fraction of sp³-hybridized carbons (Fsp3) is 0.143. The average Bonchev–Trinajstić information content (AvgIpc) is 2.94. The van der Waals surface area contributed by atoms with Crippen molar-refractivity contribution in [2.45, 2.75) is 17.8 Å². The molecule has 2 heterocycles. The van der Waals surface area contributed by atoms with Crippen molar-refractivity contribution < 1.29 is 8.81 Å². The number of anilines is 1. The van der Waals surface area contributed by atoms with Gasteiger partial charge in [0.2, 0.25) is 11.8 Å². The molecule has 0 atom stereocenters. The maximum absolute atomic E-state index is 12.9. The molecule has 0 spiro atoms. The summed E-state index contributed by atoms with van der Waals surface area (Å²) in [5, 5.41) is 0.520. The monoisotopic (exact) mass is 317 g/mol. The number of rotatable bonds is 4. The van der Waals surface area contributed by atoms with Gasteiger partial charge >= 0.3 is 0 Å². The van der Waals surface area contributed by atoms with Gasteiger partial charge in [-0.25, -0.2) is 14.4 Å². The number of aryl methyl sites for hydroxylation is 1. The quantitative estimate of drug-likeness (QED) is 0.740. The Hall–Kier alpha value is -2.48. The number of hydrogen-bond acceptors (Lipinski definition) is 7. The van der Waals surface area contributed by atoms with E-state index in [1.165, 1.54) is 23.9 Å². The largest absolute Gasteiger partial charge is 0.440 e. The Morgan fingerprint density at radius 2 is 1.95 bits per heavy atom. The third kappa shape index (κ3) is 3.40. The maximum Gasteiger partial charge on any atom is 0.224 e. The summed E-state index contributed by atoms with van der Waals surface area (Å²) in [5.74, 6) is 2.04. The maximum atomic E-state index is 12.9. The van der Waals surface area contributed by atoms with E-state index in [0.717, 1.165) is 5.56 Å². The summed E-state index contributed by atoms with van der Waals surface area (Å²) in [4.78, 5) is 16.3. The lowest BCUT2D eigenvalue weighted by atomic mass is 10.2. The molecular weight excluding hydrogens is 305 g/mol. The van der Waals surface area contributed by atoms with Crippen LogP contribution in [0.5, 0.6) is 0 Å². The summed E-state index contributed by atoms with van der Waals surface area (Å²) < 4.78 is 18.5. The highest BCUT2D eigenvalue weighted by atomic mass is 32.2. The number of nitrogen functional groups attached to an aromatic ring is 1. The summed E-state index contributed by atoms with van der Waals surface area (Å²) in [5.41, 5.74) is 6.34. The summed E-state index contributed by atoms with van der Waals surface area (Å²) in [6, 6.07) is 6.04. The molecule has 112 valence electrons. The molecule has 2 N–H and O–H groups in total. The first kappa shape index (κ1) is 14.5. The summed E-state index contributed by atoms with van der Waals surface area (Å²) in [6.07, 6.45) is 1.61. The highest BCUT2D eigenvalue weighted by molar-refractivity contribution is 7.98. The second kappa shape index (κ2) is 6.10. The third-order valence-electron chi connectivity index (χ3n) is 2.75. The van der Waals surface area contributed by atoms with Crippen LogP contribution in [0.15, 0.2) is 40.0 Å². The molecule has 8 heteroatoms. The Morgan fingerprint density at radius 1 is 1.18 bits per heavy atom. The summed E-state index contributed by atoms with van der Waals surface area (Å²) in [7, 11) is 0. The van der Waals surface area contributed by atoms with Gasteiger partial charge < -0.3 is 10.2 Å². The molecule has 0 saturated heterocycles. The van der Waals surface area contributed by atoms with Gasteiger partial charge in [0.15, 0.2) is 10.9 Å². The normalized spacial score (nSPS) is 10.8. The Kier molecular flexibility index (Phi) is 4.01. The lowest BCUT2D eigenvalue weighted by molar-refractivity contribution is 0.529. The molecule has 3 rings (SSSR count). The number of oxazole rings is 1. The van der Waals surface area contributed by atoms with E-state index in [4.69, 9.17) is 10.2 Å². The van der Waals surface area contributed by atoms with Crippen LogP contribution in [0.1, 0.15) is 11.7 Å². The van der Waals surface area contributed by atoms with Crippen molar-refractivity contribution in [2.75, 3.05) is 5.73 Å². The minimum atomic E-state index is -0.290. The molecule has 0 unspecified atom stereocenters. The van der Waals surface area contributed by atoms with Gasteiger partial charge in [-0.15, -0.1) is 0 Å². The fourth-order valence-electron chi connectivity index (χ4n) is 1.79. The van der Waals surface area contributed by atoms with Crippen molar-refractivity contribution in [3.63, 3.8) is 0 Å². The molecule has 0 aliphatic heterocycles. The minimum absolute atomic E-state index is 0.189. The Bertz CT molecular complexity index is 770. The molecule has 0 radical (unpaired) electrons. The second-order valence-electron chi connectivity index (χ2n) is 4.44. The van der Waals surface area contributed by atoms with Gasteiger partial charge in [-0.05, 0) is 31.2 Å². The lowest BCUT2D eigenvalue weighted by Gasteiger charge is -2.00. The van der Waals surface area contributed by atoms with Crippen LogP contribution in [-0.4, -0.2) is 19.9 Å². The molecule has 6 nitrogen and oxygen atoms in total. The molecule has 0 fully saturated rings. The molecular formula is C14H12FN5OS. The van der Waals surface area contributed by atoms with E-state index in [-0.39, 0.29) is 11.8 Å². The fourth-order valence-corrected chi connectivity index (χ4v) is 2.53. The summed E-state index contributed by atoms with van der Waals surface area (Å²) in [6.45, 7) is 1.75. The van der Waals surface area contributed by atoms with Gasteiger partial charge in [-0.3, -0.25) is 0 Å². The van der Waals surface area contributed by atoms with Crippen LogP contribution in [0, 0.1) is 12.7 Å². The SMILES string of the molecule is Cc1nc(N)nc(SCc2ncc(-c3ccc(F)cc3)o2)n1. The topological polar surface area (TPSA) is 90.7 Å². The van der Waals surface area contributed by atoms with Gasteiger partial charge in [-0.1, -0.05) is 11.8 Å². The van der Waals surface area contributed by atoms with Crippen LogP contribution in [0.25, 0.3) is 11.3 Å². The molecule has 0 amide bonds. The predicted octanol–water partition coefficient (Wildman–Crippen LogP) is 2.85. The van der Waals surface area contributed by atoms with Gasteiger partial charge in [0.05, 0.1) is 11.9 Å². The lowest BCUT2D eigenvalue weighted by Crippen LogP contribution is -2.01. The number of benzene rings is 1. The van der Waals surface area contributed by atoms with Crippen molar-refractivity contribution >= 4 is 17.7 Å². The molecule has 22 heavy (non-hydrogen) atoms. The standard InChI is InChI=1S/C14H12FN5OS/c1-8-18-13(16)20-14(19-8)22-7-12-17-6-11(21-12)9-2-4-10(15)5-3-9/h2-6H,7H2,1H3,(H2,16,18,19,20). The molecule has 0 aliphatic rings. The second-order valence-corrected chi connectivity index (χ2v) is 5.38.